The number of nitro groups is 1. The van der Waals surface area contributed by atoms with Gasteiger partial charge >= 0.3 is 5.69 Å². The molecule has 72 valence electrons. The quantitative estimate of drug-likeness (QED) is 0.418. The molecule has 0 saturated carbocycles. The average Bonchev–Trinajstić information content (AvgIpc) is 2.18. The van der Waals surface area contributed by atoms with Crippen molar-refractivity contribution in [2.24, 2.45) is 0 Å². The van der Waals surface area contributed by atoms with Crippen LogP contribution in [-0.2, 0) is 6.54 Å². The van der Waals surface area contributed by atoms with Crippen molar-refractivity contribution in [3.05, 3.63) is 45.3 Å². The van der Waals surface area contributed by atoms with E-state index in [0.717, 1.165) is 0 Å². The van der Waals surface area contributed by atoms with Gasteiger partial charge < -0.3 is 9.58 Å². The molecule has 0 saturated heterocycles. The average molecular weight is 192 g/mol. The summed E-state index contributed by atoms with van der Waals surface area (Å²) in [5, 5.41) is 10.6. The number of nitro benzene ring substituents is 1. The van der Waals surface area contributed by atoms with Gasteiger partial charge in [0.2, 0.25) is 6.54 Å². The second-order valence-corrected chi connectivity index (χ2v) is 2.58. The lowest BCUT2D eigenvalue weighted by molar-refractivity contribution is -0.385. The van der Waals surface area contributed by atoms with Crippen molar-refractivity contribution < 1.29 is 9.66 Å². The highest BCUT2D eigenvalue weighted by atomic mass is 16.6. The van der Waals surface area contributed by atoms with Gasteiger partial charge in [-0.1, -0.05) is 0 Å². The van der Waals surface area contributed by atoms with Gasteiger partial charge in [-0.2, -0.15) is 0 Å². The van der Waals surface area contributed by atoms with Crippen LogP contribution in [0.1, 0.15) is 5.56 Å². The highest BCUT2D eigenvalue weighted by Crippen LogP contribution is 2.27. The fraction of sp³-hybridized carbons (Fsp3) is 0.222. The number of methoxy groups -OCH3 is 1. The molecule has 0 atom stereocenters. The van der Waals surface area contributed by atoms with Crippen molar-refractivity contribution in [1.29, 1.82) is 0 Å². The first kappa shape index (κ1) is 9.99. The van der Waals surface area contributed by atoms with Crippen molar-refractivity contribution in [2.45, 2.75) is 6.54 Å². The highest BCUT2D eigenvalue weighted by molar-refractivity contribution is 5.48. The van der Waals surface area contributed by atoms with Crippen LogP contribution in [-0.4, -0.2) is 12.0 Å². The lowest BCUT2D eigenvalue weighted by atomic mass is 10.2. The van der Waals surface area contributed by atoms with Crippen LogP contribution >= 0.6 is 0 Å². The first-order valence-electron chi connectivity index (χ1n) is 3.83. The Morgan fingerprint density at radius 2 is 2.36 bits per heavy atom. The molecule has 0 radical (unpaired) electrons. The van der Waals surface area contributed by atoms with Gasteiger partial charge in [-0.05, 0) is 12.1 Å². The lowest BCUT2D eigenvalue weighted by Gasteiger charge is -2.01. The lowest BCUT2D eigenvalue weighted by Crippen LogP contribution is -1.94. The van der Waals surface area contributed by atoms with E-state index in [-0.39, 0.29) is 18.0 Å². The van der Waals surface area contributed by atoms with Crippen LogP contribution in [0.3, 0.4) is 0 Å². The van der Waals surface area contributed by atoms with E-state index in [1.165, 1.54) is 19.2 Å². The molecule has 1 rings (SSSR count). The Balaban J connectivity index is 3.15. The predicted molar refractivity (Wildman–Crippen MR) is 50.0 cm³/mol. The number of rotatable bonds is 3. The summed E-state index contributed by atoms with van der Waals surface area (Å²) < 4.78 is 4.82. The fourth-order valence-corrected chi connectivity index (χ4v) is 1.07. The number of benzene rings is 1. The van der Waals surface area contributed by atoms with E-state index in [9.17, 15) is 10.1 Å². The van der Waals surface area contributed by atoms with Crippen LogP contribution in [0, 0.1) is 16.7 Å². The van der Waals surface area contributed by atoms with E-state index in [1.54, 1.807) is 6.07 Å². The molecule has 5 nitrogen and oxygen atoms in total. The molecule has 1 aromatic rings. The number of nitrogens with zero attached hydrogens (tertiary/aromatic N) is 2. The summed E-state index contributed by atoms with van der Waals surface area (Å²) in [5.41, 5.74) is 0.515. The molecule has 0 fully saturated rings. The summed E-state index contributed by atoms with van der Waals surface area (Å²) in [6, 6.07) is 4.50. The van der Waals surface area contributed by atoms with Gasteiger partial charge in [0.1, 0.15) is 0 Å². The predicted octanol–water partition coefficient (Wildman–Crippen LogP) is 2.02. The number of hydrogen-bond acceptors (Lipinski definition) is 3. The molecular formula is C9H8N2O3. The molecule has 0 bridgehead atoms. The van der Waals surface area contributed by atoms with Crippen LogP contribution < -0.4 is 4.74 Å². The summed E-state index contributed by atoms with van der Waals surface area (Å²) in [6.45, 7) is 6.78. The summed E-state index contributed by atoms with van der Waals surface area (Å²) in [6.07, 6.45) is 0. The van der Waals surface area contributed by atoms with Crippen molar-refractivity contribution in [3.63, 3.8) is 0 Å². The van der Waals surface area contributed by atoms with Gasteiger partial charge in [-0.15, -0.1) is 0 Å². The Kier molecular flexibility index (Phi) is 3.02. The topological polar surface area (TPSA) is 56.7 Å². The SMILES string of the molecule is [C-]#[N+]Cc1ccc(OC)c([N+](=O)[O-])c1. The Morgan fingerprint density at radius 1 is 1.64 bits per heavy atom. The molecule has 0 spiro atoms. The smallest absolute Gasteiger partial charge is 0.311 e. The Labute approximate surface area is 80.9 Å². The molecule has 0 aliphatic rings. The van der Waals surface area contributed by atoms with E-state index in [0.29, 0.717) is 5.56 Å². The van der Waals surface area contributed by atoms with Gasteiger partial charge in [-0.25, -0.2) is 6.57 Å². The van der Waals surface area contributed by atoms with E-state index < -0.39 is 4.92 Å². The van der Waals surface area contributed by atoms with Crippen LogP contribution in [0.15, 0.2) is 18.2 Å². The molecule has 0 aromatic heterocycles. The summed E-state index contributed by atoms with van der Waals surface area (Å²) >= 11 is 0. The monoisotopic (exact) mass is 192 g/mol. The first-order valence-corrected chi connectivity index (χ1v) is 3.83. The van der Waals surface area contributed by atoms with Crippen LogP contribution in [0.4, 0.5) is 5.69 Å². The maximum absolute atomic E-state index is 10.6. The zero-order valence-electron chi connectivity index (χ0n) is 7.56. The minimum atomic E-state index is -0.522. The van der Waals surface area contributed by atoms with Crippen LogP contribution in [0.5, 0.6) is 5.75 Å². The largest absolute Gasteiger partial charge is 0.490 e. The molecule has 0 aliphatic heterocycles. The van der Waals surface area contributed by atoms with E-state index >= 15 is 0 Å². The minimum absolute atomic E-state index is 0.103. The standard InChI is InChI=1S/C9H8N2O3/c1-10-6-7-3-4-9(14-2)8(5-7)11(12)13/h3-5H,6H2,2H3. The van der Waals surface area contributed by atoms with Crippen molar-refractivity contribution in [1.82, 2.24) is 0 Å². The van der Waals surface area contributed by atoms with Crippen molar-refractivity contribution in [3.8, 4) is 5.75 Å². The van der Waals surface area contributed by atoms with Gasteiger partial charge in [0.25, 0.3) is 0 Å². The number of hydrogen-bond donors (Lipinski definition) is 0. The summed E-state index contributed by atoms with van der Waals surface area (Å²) in [5.74, 6) is 0.212. The molecule has 14 heavy (non-hydrogen) atoms. The molecule has 0 amide bonds. The van der Waals surface area contributed by atoms with Crippen molar-refractivity contribution in [2.75, 3.05) is 7.11 Å². The molecule has 5 heteroatoms. The normalized spacial score (nSPS) is 9.14. The maximum Gasteiger partial charge on any atom is 0.311 e. The fourth-order valence-electron chi connectivity index (χ4n) is 1.07. The van der Waals surface area contributed by atoms with E-state index in [2.05, 4.69) is 4.85 Å². The summed E-state index contributed by atoms with van der Waals surface area (Å²) in [7, 11) is 1.37. The third-order valence-corrected chi connectivity index (χ3v) is 1.70. The van der Waals surface area contributed by atoms with Crippen LogP contribution in [0.25, 0.3) is 4.85 Å². The Hall–Kier alpha value is -2.09. The van der Waals surface area contributed by atoms with Gasteiger partial charge in [0, 0.05) is 11.6 Å². The third kappa shape index (κ3) is 1.98. The van der Waals surface area contributed by atoms with Gasteiger partial charge in [0.05, 0.1) is 12.0 Å². The molecule has 0 heterocycles. The van der Waals surface area contributed by atoms with E-state index in [4.69, 9.17) is 11.3 Å². The molecule has 0 N–H and O–H groups in total. The highest BCUT2D eigenvalue weighted by Gasteiger charge is 2.15. The molecular weight excluding hydrogens is 184 g/mol. The third-order valence-electron chi connectivity index (χ3n) is 1.70. The van der Waals surface area contributed by atoms with Crippen LogP contribution in [0.2, 0.25) is 0 Å². The Morgan fingerprint density at radius 3 is 2.86 bits per heavy atom. The van der Waals surface area contributed by atoms with Gasteiger partial charge in [0.15, 0.2) is 5.75 Å². The van der Waals surface area contributed by atoms with E-state index in [1.807, 2.05) is 0 Å². The molecule has 1 aromatic carbocycles. The second kappa shape index (κ2) is 4.23. The molecule has 0 aliphatic carbocycles. The first-order chi connectivity index (χ1) is 6.69. The molecule has 0 unspecified atom stereocenters. The maximum atomic E-state index is 10.6. The zero-order chi connectivity index (χ0) is 10.6. The Bertz CT molecular complexity index is 396. The summed E-state index contributed by atoms with van der Waals surface area (Å²) in [4.78, 5) is 13.2. The zero-order valence-corrected chi connectivity index (χ0v) is 7.56. The van der Waals surface area contributed by atoms with Crippen molar-refractivity contribution >= 4 is 5.69 Å². The van der Waals surface area contributed by atoms with Gasteiger partial charge in [-0.3, -0.25) is 10.1 Å². The minimum Gasteiger partial charge on any atom is -0.490 e. The number of ether oxygens (including phenoxy) is 1. The second-order valence-electron chi connectivity index (χ2n) is 2.58.